The van der Waals surface area contributed by atoms with E-state index in [2.05, 4.69) is 25.2 Å². The number of benzene rings is 1. The molecule has 1 amide bonds. The van der Waals surface area contributed by atoms with Crippen LogP contribution in [0.3, 0.4) is 0 Å². The van der Waals surface area contributed by atoms with Crippen molar-refractivity contribution in [3.8, 4) is 11.6 Å². The highest BCUT2D eigenvalue weighted by molar-refractivity contribution is 8.18. The van der Waals surface area contributed by atoms with Crippen molar-refractivity contribution >= 4 is 41.0 Å². The summed E-state index contributed by atoms with van der Waals surface area (Å²) in [6.45, 7) is 2.01. The second-order valence-electron chi connectivity index (χ2n) is 6.01. The van der Waals surface area contributed by atoms with Gasteiger partial charge < -0.3 is 14.2 Å². The Morgan fingerprint density at radius 1 is 1.22 bits per heavy atom. The van der Waals surface area contributed by atoms with Crippen molar-refractivity contribution in [2.24, 2.45) is 10.2 Å². The van der Waals surface area contributed by atoms with Gasteiger partial charge in [-0.1, -0.05) is 0 Å². The number of carbonyl (C=O) groups is 3. The second-order valence-corrected chi connectivity index (χ2v) is 7.04. The molecule has 3 rings (SSSR count). The Kier molecular flexibility index (Phi) is 7.70. The summed E-state index contributed by atoms with van der Waals surface area (Å²) in [6, 6.07) is 9.95. The predicted molar refractivity (Wildman–Crippen MR) is 118 cm³/mol. The van der Waals surface area contributed by atoms with Crippen molar-refractivity contribution in [2.75, 3.05) is 13.7 Å². The zero-order valence-electron chi connectivity index (χ0n) is 17.1. The van der Waals surface area contributed by atoms with Crippen LogP contribution in [-0.4, -0.2) is 47.9 Å². The van der Waals surface area contributed by atoms with Crippen molar-refractivity contribution in [2.45, 2.75) is 6.92 Å². The predicted octanol–water partition coefficient (Wildman–Crippen LogP) is 2.66. The average Bonchev–Trinajstić information content (AvgIpc) is 3.14. The van der Waals surface area contributed by atoms with Crippen LogP contribution in [-0.2, 0) is 19.1 Å². The number of esters is 2. The van der Waals surface area contributed by atoms with Gasteiger partial charge in [0.05, 0.1) is 30.4 Å². The van der Waals surface area contributed by atoms with Gasteiger partial charge in [0, 0.05) is 18.3 Å². The zero-order valence-corrected chi connectivity index (χ0v) is 17.9. The molecule has 0 atom stereocenters. The van der Waals surface area contributed by atoms with E-state index in [0.29, 0.717) is 11.3 Å². The molecule has 1 aromatic heterocycles. The lowest BCUT2D eigenvalue weighted by Gasteiger charge is -2.06. The van der Waals surface area contributed by atoms with Gasteiger partial charge in [0.1, 0.15) is 5.75 Å². The maximum atomic E-state index is 11.8. The largest absolute Gasteiger partial charge is 0.466 e. The number of ether oxygens (including phenoxy) is 3. The average molecular weight is 454 g/mol. The van der Waals surface area contributed by atoms with Gasteiger partial charge in [-0.05, 0) is 54.6 Å². The first-order chi connectivity index (χ1) is 15.5. The van der Waals surface area contributed by atoms with Crippen LogP contribution in [0.4, 0.5) is 0 Å². The molecule has 1 saturated heterocycles. The third kappa shape index (κ3) is 6.25. The molecule has 1 aliphatic heterocycles. The molecule has 164 valence electrons. The first kappa shape index (κ1) is 22.7. The molecule has 11 heteroatoms. The maximum absolute atomic E-state index is 11.8. The van der Waals surface area contributed by atoms with E-state index in [9.17, 15) is 14.4 Å². The van der Waals surface area contributed by atoms with Gasteiger partial charge in [0.2, 0.25) is 5.88 Å². The molecule has 2 aromatic rings. The van der Waals surface area contributed by atoms with E-state index in [-0.39, 0.29) is 22.6 Å². The summed E-state index contributed by atoms with van der Waals surface area (Å²) in [5, 5.41) is 10.6. The van der Waals surface area contributed by atoms with E-state index < -0.39 is 17.8 Å². The Hall–Kier alpha value is -3.99. The molecule has 1 aliphatic rings. The Morgan fingerprint density at radius 2 is 2.00 bits per heavy atom. The molecule has 1 aromatic carbocycles. The molecule has 0 bridgehead atoms. The number of hydrogen-bond acceptors (Lipinski definition) is 10. The van der Waals surface area contributed by atoms with Crippen molar-refractivity contribution in [1.29, 1.82) is 0 Å². The third-order valence-electron chi connectivity index (χ3n) is 3.80. The first-order valence-corrected chi connectivity index (χ1v) is 10.1. The molecular formula is C21H18N4O6S. The fourth-order valence-electron chi connectivity index (χ4n) is 2.34. The minimum atomic E-state index is -0.627. The van der Waals surface area contributed by atoms with Crippen LogP contribution >= 0.6 is 11.8 Å². The fourth-order valence-corrected chi connectivity index (χ4v) is 3.08. The highest BCUT2D eigenvalue weighted by Crippen LogP contribution is 2.23. The number of thioether (sulfide) groups is 1. The lowest BCUT2D eigenvalue weighted by molar-refractivity contribution is -0.135. The van der Waals surface area contributed by atoms with Crippen molar-refractivity contribution in [3.63, 3.8) is 0 Å². The Labute approximate surface area is 187 Å². The monoisotopic (exact) mass is 454 g/mol. The number of nitrogens with zero attached hydrogens (tertiary/aromatic N) is 3. The van der Waals surface area contributed by atoms with Crippen LogP contribution in [0.1, 0.15) is 22.8 Å². The molecular weight excluding hydrogens is 436 g/mol. The SMILES string of the molecule is CCOC(=O)c1ccnc(Oc2ccc(C=N/N=C3/NC(=O)/C(=C\C(=O)OC)S3)cc2)c1. The summed E-state index contributed by atoms with van der Waals surface area (Å²) in [4.78, 5) is 39.1. The molecule has 0 aliphatic carbocycles. The minimum absolute atomic E-state index is 0.174. The molecule has 10 nitrogen and oxygen atoms in total. The van der Waals surface area contributed by atoms with Crippen LogP contribution in [0.15, 0.2) is 63.8 Å². The summed E-state index contributed by atoms with van der Waals surface area (Å²) < 4.78 is 15.1. The number of rotatable bonds is 7. The quantitative estimate of drug-likeness (QED) is 0.293. The summed E-state index contributed by atoms with van der Waals surface area (Å²) >= 11 is 0.983. The van der Waals surface area contributed by atoms with Gasteiger partial charge in [-0.3, -0.25) is 10.1 Å². The summed E-state index contributed by atoms with van der Waals surface area (Å²) in [6.07, 6.45) is 4.04. The van der Waals surface area contributed by atoms with Crippen molar-refractivity contribution in [3.05, 3.63) is 64.7 Å². The summed E-state index contributed by atoms with van der Waals surface area (Å²) in [7, 11) is 1.23. The lowest BCUT2D eigenvalue weighted by Crippen LogP contribution is -2.19. The fraction of sp³-hybridized carbons (Fsp3) is 0.143. The van der Waals surface area contributed by atoms with Crippen LogP contribution < -0.4 is 10.1 Å². The van der Waals surface area contributed by atoms with Gasteiger partial charge in [0.15, 0.2) is 5.17 Å². The van der Waals surface area contributed by atoms with Crippen LogP contribution in [0, 0.1) is 0 Å². The molecule has 32 heavy (non-hydrogen) atoms. The molecule has 0 spiro atoms. The van der Waals surface area contributed by atoms with E-state index in [4.69, 9.17) is 9.47 Å². The minimum Gasteiger partial charge on any atom is -0.466 e. The topological polar surface area (TPSA) is 129 Å². The van der Waals surface area contributed by atoms with E-state index in [1.165, 1.54) is 25.6 Å². The van der Waals surface area contributed by atoms with Gasteiger partial charge in [0.25, 0.3) is 5.91 Å². The molecule has 2 heterocycles. The number of aromatic nitrogens is 1. The number of amidine groups is 1. The molecule has 1 N–H and O–H groups in total. The Morgan fingerprint density at radius 3 is 2.72 bits per heavy atom. The van der Waals surface area contributed by atoms with Crippen molar-refractivity contribution < 1.29 is 28.6 Å². The van der Waals surface area contributed by atoms with Crippen LogP contribution in [0.2, 0.25) is 0 Å². The molecule has 0 saturated carbocycles. The zero-order chi connectivity index (χ0) is 22.9. The highest BCUT2D eigenvalue weighted by atomic mass is 32.2. The Bertz CT molecular complexity index is 1110. The van der Waals surface area contributed by atoms with Crippen LogP contribution in [0.25, 0.3) is 0 Å². The normalized spacial score (nSPS) is 15.8. The van der Waals surface area contributed by atoms with Gasteiger partial charge in [-0.15, -0.1) is 5.10 Å². The van der Waals surface area contributed by atoms with E-state index in [0.717, 1.165) is 23.4 Å². The van der Waals surface area contributed by atoms with E-state index in [1.807, 2.05) is 0 Å². The van der Waals surface area contributed by atoms with Gasteiger partial charge >= 0.3 is 11.9 Å². The summed E-state index contributed by atoms with van der Waals surface area (Å²) in [5.41, 5.74) is 1.08. The Balaban J connectivity index is 1.60. The first-order valence-electron chi connectivity index (χ1n) is 9.29. The van der Waals surface area contributed by atoms with E-state index in [1.54, 1.807) is 37.3 Å². The standard InChI is InChI=1S/C21H18N4O6S/c1-3-30-20(28)14-8-9-22-17(10-14)31-15-6-4-13(5-7-15)12-23-25-21-24-19(27)16(32-21)11-18(26)29-2/h4-12H,3H2,1-2H3,(H,24,25,27)/b16-11+,23-12?. The number of nitrogens with one attached hydrogen (secondary N) is 1. The van der Waals surface area contributed by atoms with Crippen LogP contribution in [0.5, 0.6) is 11.6 Å². The number of carbonyl (C=O) groups excluding carboxylic acids is 3. The lowest BCUT2D eigenvalue weighted by atomic mass is 10.2. The summed E-state index contributed by atoms with van der Waals surface area (Å²) in [5.74, 6) is -0.752. The van der Waals surface area contributed by atoms with Gasteiger partial charge in [-0.2, -0.15) is 5.10 Å². The number of amides is 1. The number of pyridine rings is 1. The molecule has 0 unspecified atom stereocenters. The third-order valence-corrected chi connectivity index (χ3v) is 4.71. The highest BCUT2D eigenvalue weighted by Gasteiger charge is 2.25. The molecule has 0 radical (unpaired) electrons. The van der Waals surface area contributed by atoms with Crippen molar-refractivity contribution in [1.82, 2.24) is 10.3 Å². The molecule has 1 fully saturated rings. The van der Waals surface area contributed by atoms with E-state index >= 15 is 0 Å². The number of methoxy groups -OCH3 is 1. The smallest absolute Gasteiger partial charge is 0.338 e. The maximum Gasteiger partial charge on any atom is 0.338 e. The van der Waals surface area contributed by atoms with Gasteiger partial charge in [-0.25, -0.2) is 14.6 Å². The second kappa shape index (κ2) is 10.9. The number of hydrogen-bond donors (Lipinski definition) is 1.